The molecule has 70 valence electrons. The molecule has 2 fully saturated rings. The molecule has 1 heterocycles. The van der Waals surface area contributed by atoms with Crippen molar-refractivity contribution < 1.29 is 0 Å². The van der Waals surface area contributed by atoms with Crippen molar-refractivity contribution in [3.63, 3.8) is 0 Å². The third-order valence-electron chi connectivity index (χ3n) is 3.36. The topological polar surface area (TPSA) is 15.3 Å². The molecule has 2 unspecified atom stereocenters. The summed E-state index contributed by atoms with van der Waals surface area (Å²) in [4.78, 5) is 2.64. The molecule has 0 spiro atoms. The van der Waals surface area contributed by atoms with Crippen LogP contribution in [0.15, 0.2) is 0 Å². The van der Waals surface area contributed by atoms with Gasteiger partial charge in [-0.05, 0) is 38.1 Å². The third kappa shape index (κ3) is 1.80. The van der Waals surface area contributed by atoms with E-state index in [2.05, 4.69) is 10.2 Å². The lowest BCUT2D eigenvalue weighted by Crippen LogP contribution is -2.39. The van der Waals surface area contributed by atoms with Crippen molar-refractivity contribution in [2.75, 3.05) is 33.2 Å². The van der Waals surface area contributed by atoms with E-state index in [1.807, 2.05) is 7.05 Å². The van der Waals surface area contributed by atoms with Gasteiger partial charge in [0.25, 0.3) is 0 Å². The predicted octanol–water partition coefficient (Wildman–Crippen LogP) is 0.938. The summed E-state index contributed by atoms with van der Waals surface area (Å²) in [5.41, 5.74) is 0. The van der Waals surface area contributed by atoms with Gasteiger partial charge >= 0.3 is 0 Å². The van der Waals surface area contributed by atoms with E-state index in [4.69, 9.17) is 0 Å². The fraction of sp³-hybridized carbons (Fsp3) is 1.00. The normalized spacial score (nSPS) is 35.8. The first kappa shape index (κ1) is 8.52. The summed E-state index contributed by atoms with van der Waals surface area (Å²) in [6.07, 6.45) is 4.53. The third-order valence-corrected chi connectivity index (χ3v) is 3.36. The number of fused-ring (bicyclic) bond motifs is 2. The quantitative estimate of drug-likeness (QED) is 0.674. The number of hydrogen-bond donors (Lipinski definition) is 1. The molecule has 2 aliphatic rings. The van der Waals surface area contributed by atoms with Crippen molar-refractivity contribution in [1.82, 2.24) is 10.2 Å². The van der Waals surface area contributed by atoms with Crippen molar-refractivity contribution in [2.24, 2.45) is 11.8 Å². The van der Waals surface area contributed by atoms with Gasteiger partial charge < -0.3 is 10.2 Å². The van der Waals surface area contributed by atoms with Gasteiger partial charge in [-0.15, -0.1) is 0 Å². The molecule has 0 amide bonds. The Morgan fingerprint density at radius 1 is 1.25 bits per heavy atom. The van der Waals surface area contributed by atoms with Gasteiger partial charge in [0.2, 0.25) is 0 Å². The van der Waals surface area contributed by atoms with E-state index in [1.165, 1.54) is 38.9 Å². The summed E-state index contributed by atoms with van der Waals surface area (Å²) in [7, 11) is 2.04. The maximum atomic E-state index is 3.22. The van der Waals surface area contributed by atoms with Gasteiger partial charge in [-0.3, -0.25) is 0 Å². The average Bonchev–Trinajstić information content (AvgIpc) is 2.42. The van der Waals surface area contributed by atoms with Crippen LogP contribution in [0.1, 0.15) is 19.3 Å². The van der Waals surface area contributed by atoms with Gasteiger partial charge in [0.05, 0.1) is 0 Å². The Labute approximate surface area is 75.3 Å². The van der Waals surface area contributed by atoms with Crippen molar-refractivity contribution in [3.8, 4) is 0 Å². The van der Waals surface area contributed by atoms with Crippen LogP contribution in [-0.4, -0.2) is 38.1 Å². The summed E-state index contributed by atoms with van der Waals surface area (Å²) >= 11 is 0. The molecule has 1 saturated heterocycles. The molecule has 0 radical (unpaired) electrons. The number of likely N-dealkylation sites (tertiary alicyclic amines) is 1. The maximum Gasteiger partial charge on any atom is 0.0107 e. The molecule has 0 aromatic heterocycles. The number of nitrogens with zero attached hydrogens (tertiary/aromatic N) is 1. The second-order valence-corrected chi connectivity index (χ2v) is 4.41. The minimum absolute atomic E-state index is 1.04. The molecule has 2 atom stereocenters. The molecule has 0 aromatic rings. The zero-order valence-corrected chi connectivity index (χ0v) is 8.05. The van der Waals surface area contributed by atoms with Crippen LogP contribution in [0.4, 0.5) is 0 Å². The summed E-state index contributed by atoms with van der Waals surface area (Å²) in [6, 6.07) is 0. The van der Waals surface area contributed by atoms with Gasteiger partial charge in [0.1, 0.15) is 0 Å². The van der Waals surface area contributed by atoms with Gasteiger partial charge in [-0.25, -0.2) is 0 Å². The van der Waals surface area contributed by atoms with Crippen LogP contribution < -0.4 is 5.32 Å². The highest BCUT2D eigenvalue weighted by molar-refractivity contribution is 4.85. The lowest BCUT2D eigenvalue weighted by Gasteiger charge is -2.31. The highest BCUT2D eigenvalue weighted by atomic mass is 15.2. The molecule has 2 bridgehead atoms. The molecule has 1 saturated carbocycles. The van der Waals surface area contributed by atoms with Crippen LogP contribution in [-0.2, 0) is 0 Å². The zero-order valence-electron chi connectivity index (χ0n) is 8.05. The standard InChI is InChI=1S/C10H20N2/c1-11-4-5-12-7-9-2-3-10(6-9)8-12/h9-11H,2-8H2,1H3. The highest BCUT2D eigenvalue weighted by Gasteiger charge is 2.32. The number of rotatable bonds is 3. The smallest absolute Gasteiger partial charge is 0.0107 e. The van der Waals surface area contributed by atoms with E-state index in [9.17, 15) is 0 Å². The van der Waals surface area contributed by atoms with Crippen LogP contribution in [0.25, 0.3) is 0 Å². The van der Waals surface area contributed by atoms with E-state index in [0.717, 1.165) is 18.4 Å². The fourth-order valence-corrected chi connectivity index (χ4v) is 2.77. The fourth-order valence-electron chi connectivity index (χ4n) is 2.77. The number of likely N-dealkylation sites (N-methyl/N-ethyl adjacent to an activating group) is 1. The first-order chi connectivity index (χ1) is 5.88. The minimum atomic E-state index is 1.04. The first-order valence-corrected chi connectivity index (χ1v) is 5.25. The molecule has 1 aliphatic carbocycles. The molecular weight excluding hydrogens is 148 g/mol. The summed E-state index contributed by atoms with van der Waals surface area (Å²) in [6.45, 7) is 5.15. The van der Waals surface area contributed by atoms with Gasteiger partial charge in [0, 0.05) is 26.2 Å². The molecule has 1 N–H and O–H groups in total. The Morgan fingerprint density at radius 3 is 2.50 bits per heavy atom. The van der Waals surface area contributed by atoms with Gasteiger partial charge in [0.15, 0.2) is 0 Å². The van der Waals surface area contributed by atoms with E-state index in [1.54, 1.807) is 0 Å². The van der Waals surface area contributed by atoms with Crippen molar-refractivity contribution in [3.05, 3.63) is 0 Å². The molecule has 12 heavy (non-hydrogen) atoms. The molecule has 1 aliphatic heterocycles. The highest BCUT2D eigenvalue weighted by Crippen LogP contribution is 2.35. The minimum Gasteiger partial charge on any atom is -0.318 e. The summed E-state index contributed by atoms with van der Waals surface area (Å²) in [5.74, 6) is 2.08. The monoisotopic (exact) mass is 168 g/mol. The SMILES string of the molecule is CNCCN1CC2CCC(C2)C1. The maximum absolute atomic E-state index is 3.22. The van der Waals surface area contributed by atoms with Crippen LogP contribution in [0.5, 0.6) is 0 Å². The summed E-state index contributed by atoms with van der Waals surface area (Å²) < 4.78 is 0. The predicted molar refractivity (Wildman–Crippen MR) is 51.2 cm³/mol. The van der Waals surface area contributed by atoms with Gasteiger partial charge in [-0.1, -0.05) is 0 Å². The largest absolute Gasteiger partial charge is 0.318 e. The lowest BCUT2D eigenvalue weighted by molar-refractivity contribution is 0.170. The van der Waals surface area contributed by atoms with E-state index in [-0.39, 0.29) is 0 Å². The van der Waals surface area contributed by atoms with E-state index in [0.29, 0.717) is 0 Å². The second-order valence-electron chi connectivity index (χ2n) is 4.41. The molecule has 2 rings (SSSR count). The van der Waals surface area contributed by atoms with E-state index >= 15 is 0 Å². The van der Waals surface area contributed by atoms with Gasteiger partial charge in [-0.2, -0.15) is 0 Å². The van der Waals surface area contributed by atoms with E-state index < -0.39 is 0 Å². The Bertz CT molecular complexity index is 135. The Balaban J connectivity index is 1.78. The second kappa shape index (κ2) is 3.75. The zero-order chi connectivity index (χ0) is 8.39. The number of nitrogens with one attached hydrogen (secondary N) is 1. The Morgan fingerprint density at radius 2 is 1.92 bits per heavy atom. The molecular formula is C10H20N2. The number of hydrogen-bond acceptors (Lipinski definition) is 2. The Kier molecular flexibility index (Phi) is 2.66. The Hall–Kier alpha value is -0.0800. The van der Waals surface area contributed by atoms with Crippen LogP contribution in [0.2, 0.25) is 0 Å². The van der Waals surface area contributed by atoms with Crippen LogP contribution in [0.3, 0.4) is 0 Å². The van der Waals surface area contributed by atoms with Crippen molar-refractivity contribution in [1.29, 1.82) is 0 Å². The van der Waals surface area contributed by atoms with Crippen molar-refractivity contribution in [2.45, 2.75) is 19.3 Å². The summed E-state index contributed by atoms with van der Waals surface area (Å²) in [5, 5.41) is 3.22. The van der Waals surface area contributed by atoms with Crippen LogP contribution >= 0.6 is 0 Å². The van der Waals surface area contributed by atoms with Crippen molar-refractivity contribution >= 4 is 0 Å². The number of piperidine rings is 1. The first-order valence-electron chi connectivity index (χ1n) is 5.25. The lowest BCUT2D eigenvalue weighted by atomic mass is 9.99. The molecule has 2 nitrogen and oxygen atoms in total. The molecule has 2 heteroatoms. The average molecular weight is 168 g/mol. The molecule has 0 aromatic carbocycles. The van der Waals surface area contributed by atoms with Crippen LogP contribution in [0, 0.1) is 11.8 Å².